The highest BCUT2D eigenvalue weighted by Crippen LogP contribution is 2.31. The average Bonchev–Trinajstić information content (AvgIpc) is 3.17. The van der Waals surface area contributed by atoms with Gasteiger partial charge in [0.1, 0.15) is 0 Å². The molecule has 0 spiro atoms. The maximum atomic E-state index is 4.57. The van der Waals surface area contributed by atoms with Gasteiger partial charge in [-0.2, -0.15) is 0 Å². The fraction of sp³-hybridized carbons (Fsp3) is 0.565. The van der Waals surface area contributed by atoms with E-state index in [2.05, 4.69) is 62.3 Å². The monoisotopic (exact) mass is 411 g/mol. The van der Waals surface area contributed by atoms with Crippen LogP contribution in [-0.2, 0) is 13.0 Å². The Balaban J connectivity index is 1.31. The lowest BCUT2D eigenvalue weighted by atomic mass is 9.83. The van der Waals surface area contributed by atoms with E-state index in [0.29, 0.717) is 6.04 Å². The molecule has 2 saturated heterocycles. The largest absolute Gasteiger partial charge is 0.356 e. The summed E-state index contributed by atoms with van der Waals surface area (Å²) in [5.74, 6) is 1.79. The molecular weight excluding hydrogens is 378 g/mol. The van der Waals surface area contributed by atoms with Crippen molar-refractivity contribution < 1.29 is 0 Å². The van der Waals surface area contributed by atoms with Gasteiger partial charge in [0.25, 0.3) is 0 Å². The van der Waals surface area contributed by atoms with Crippen molar-refractivity contribution in [1.82, 2.24) is 20.1 Å². The second kappa shape index (κ2) is 9.72. The van der Waals surface area contributed by atoms with Crippen molar-refractivity contribution in [2.45, 2.75) is 45.2 Å². The summed E-state index contributed by atoms with van der Waals surface area (Å²) in [6.07, 6.45) is 6.79. The maximum Gasteiger partial charge on any atom is 0.193 e. The second-order valence-electron chi connectivity index (χ2n) is 8.25. The molecule has 2 fully saturated rings. The van der Waals surface area contributed by atoms with Crippen LogP contribution in [0, 0.1) is 12.8 Å². The molecule has 2 unspecified atom stereocenters. The van der Waals surface area contributed by atoms with Gasteiger partial charge in [-0.05, 0) is 44.2 Å². The molecule has 2 atom stereocenters. The van der Waals surface area contributed by atoms with Crippen LogP contribution in [0.4, 0.5) is 0 Å². The molecule has 3 heterocycles. The molecule has 156 valence electrons. The van der Waals surface area contributed by atoms with Crippen molar-refractivity contribution in [2.24, 2.45) is 10.9 Å². The van der Waals surface area contributed by atoms with E-state index in [1.54, 1.807) is 11.3 Å². The highest BCUT2D eigenvalue weighted by Gasteiger charge is 2.36. The Morgan fingerprint density at radius 1 is 1.24 bits per heavy atom. The number of guanidine groups is 1. The minimum Gasteiger partial charge on any atom is -0.356 e. The third-order valence-corrected chi connectivity index (χ3v) is 7.19. The first-order valence-electron chi connectivity index (χ1n) is 10.9. The number of thiazole rings is 1. The van der Waals surface area contributed by atoms with Crippen molar-refractivity contribution in [1.29, 1.82) is 0 Å². The summed E-state index contributed by atoms with van der Waals surface area (Å²) in [5, 5.41) is 4.77. The predicted molar refractivity (Wildman–Crippen MR) is 121 cm³/mol. The van der Waals surface area contributed by atoms with Crippen LogP contribution in [0.5, 0.6) is 0 Å². The summed E-state index contributed by atoms with van der Waals surface area (Å²) in [5.41, 5.74) is 1.44. The molecule has 1 aromatic carbocycles. The number of piperidine rings is 2. The number of aromatic nitrogens is 1. The summed E-state index contributed by atoms with van der Waals surface area (Å²) in [6, 6.07) is 11.6. The van der Waals surface area contributed by atoms with E-state index in [-0.39, 0.29) is 0 Å². The SMILES string of the molecule is CN=C(NCCc1ncc(C)s1)N1CCC2C(CCCN2Cc2ccccc2)C1. The van der Waals surface area contributed by atoms with E-state index in [0.717, 1.165) is 44.5 Å². The summed E-state index contributed by atoms with van der Waals surface area (Å²) >= 11 is 1.79. The smallest absolute Gasteiger partial charge is 0.193 e. The zero-order valence-corrected chi connectivity index (χ0v) is 18.5. The van der Waals surface area contributed by atoms with Gasteiger partial charge in [0.2, 0.25) is 0 Å². The van der Waals surface area contributed by atoms with Gasteiger partial charge >= 0.3 is 0 Å². The summed E-state index contributed by atoms with van der Waals surface area (Å²) < 4.78 is 0. The topological polar surface area (TPSA) is 43.8 Å². The quantitative estimate of drug-likeness (QED) is 0.604. The molecule has 0 radical (unpaired) electrons. The van der Waals surface area contributed by atoms with Crippen molar-refractivity contribution in [2.75, 3.05) is 33.2 Å². The molecule has 4 rings (SSSR count). The van der Waals surface area contributed by atoms with Crippen molar-refractivity contribution >= 4 is 17.3 Å². The van der Waals surface area contributed by atoms with Gasteiger partial charge in [-0.3, -0.25) is 9.89 Å². The van der Waals surface area contributed by atoms with E-state index < -0.39 is 0 Å². The normalized spacial score (nSPS) is 23.1. The van der Waals surface area contributed by atoms with Crippen LogP contribution in [0.15, 0.2) is 41.5 Å². The number of nitrogens with one attached hydrogen (secondary N) is 1. The van der Waals surface area contributed by atoms with Crippen LogP contribution in [0.1, 0.15) is 34.7 Å². The average molecular weight is 412 g/mol. The lowest BCUT2D eigenvalue weighted by Crippen LogP contribution is -2.56. The van der Waals surface area contributed by atoms with E-state index in [1.807, 2.05) is 13.2 Å². The summed E-state index contributed by atoms with van der Waals surface area (Å²) in [7, 11) is 1.91. The molecule has 2 aliphatic heterocycles. The minimum atomic E-state index is 0.705. The molecule has 0 bridgehead atoms. The maximum absolute atomic E-state index is 4.57. The van der Waals surface area contributed by atoms with Crippen LogP contribution >= 0.6 is 11.3 Å². The fourth-order valence-corrected chi connectivity index (χ4v) is 5.63. The number of likely N-dealkylation sites (tertiary alicyclic amines) is 2. The molecule has 1 N–H and O–H groups in total. The number of rotatable bonds is 5. The number of nitrogens with zero attached hydrogens (tertiary/aromatic N) is 4. The Bertz CT molecular complexity index is 803. The first-order chi connectivity index (χ1) is 14.2. The lowest BCUT2D eigenvalue weighted by molar-refractivity contribution is 0.0373. The lowest BCUT2D eigenvalue weighted by Gasteiger charge is -2.48. The van der Waals surface area contributed by atoms with Gasteiger partial charge in [-0.1, -0.05) is 30.3 Å². The van der Waals surface area contributed by atoms with Crippen molar-refractivity contribution in [3.05, 3.63) is 52.0 Å². The van der Waals surface area contributed by atoms with Crippen LogP contribution < -0.4 is 5.32 Å². The van der Waals surface area contributed by atoms with Gasteiger partial charge in [-0.25, -0.2) is 4.98 Å². The third-order valence-electron chi connectivity index (χ3n) is 6.21. The summed E-state index contributed by atoms with van der Waals surface area (Å²) in [6.45, 7) is 7.53. The first-order valence-corrected chi connectivity index (χ1v) is 11.7. The zero-order valence-electron chi connectivity index (χ0n) is 17.7. The van der Waals surface area contributed by atoms with Crippen molar-refractivity contribution in [3.63, 3.8) is 0 Å². The molecule has 1 aromatic heterocycles. The Morgan fingerprint density at radius 3 is 2.86 bits per heavy atom. The Hall–Kier alpha value is -1.92. The van der Waals surface area contributed by atoms with Gasteiger partial charge < -0.3 is 10.2 Å². The van der Waals surface area contributed by atoms with Crippen LogP contribution in [0.3, 0.4) is 0 Å². The van der Waals surface area contributed by atoms with Gasteiger partial charge in [0, 0.05) is 56.8 Å². The molecule has 0 amide bonds. The highest BCUT2D eigenvalue weighted by molar-refractivity contribution is 7.11. The predicted octanol–water partition coefficient (Wildman–Crippen LogP) is 3.56. The summed E-state index contributed by atoms with van der Waals surface area (Å²) in [4.78, 5) is 15.5. The van der Waals surface area contributed by atoms with Crippen LogP contribution in [0.25, 0.3) is 0 Å². The number of fused-ring (bicyclic) bond motifs is 1. The number of hydrogen-bond donors (Lipinski definition) is 1. The standard InChI is InChI=1S/C23H33N5S/c1-18-15-26-22(29-18)10-12-25-23(24-2)28-14-11-21-20(17-28)9-6-13-27(21)16-19-7-4-3-5-8-19/h3-5,7-8,15,20-21H,6,9-14,16-17H2,1-2H3,(H,24,25). The fourth-order valence-electron chi connectivity index (χ4n) is 4.84. The molecular formula is C23H33N5S. The van der Waals surface area contributed by atoms with Crippen LogP contribution in [0.2, 0.25) is 0 Å². The Labute approximate surface area is 178 Å². The molecule has 29 heavy (non-hydrogen) atoms. The zero-order chi connectivity index (χ0) is 20.1. The number of benzene rings is 1. The molecule has 5 nitrogen and oxygen atoms in total. The van der Waals surface area contributed by atoms with E-state index >= 15 is 0 Å². The van der Waals surface area contributed by atoms with Gasteiger partial charge in [-0.15, -0.1) is 11.3 Å². The van der Waals surface area contributed by atoms with Gasteiger partial charge in [0.15, 0.2) is 5.96 Å². The molecule has 2 aromatic rings. The highest BCUT2D eigenvalue weighted by atomic mass is 32.1. The Morgan fingerprint density at radius 2 is 2.10 bits per heavy atom. The van der Waals surface area contributed by atoms with E-state index in [9.17, 15) is 0 Å². The first kappa shape index (κ1) is 20.4. The molecule has 0 saturated carbocycles. The third kappa shape index (κ3) is 5.17. The molecule has 2 aliphatic rings. The van der Waals surface area contributed by atoms with E-state index in [4.69, 9.17) is 0 Å². The molecule has 0 aliphatic carbocycles. The molecule has 6 heteroatoms. The second-order valence-corrected chi connectivity index (χ2v) is 9.57. The van der Waals surface area contributed by atoms with Crippen molar-refractivity contribution in [3.8, 4) is 0 Å². The van der Waals surface area contributed by atoms with E-state index in [1.165, 1.54) is 41.3 Å². The number of aliphatic imine (C=N–C) groups is 1. The minimum absolute atomic E-state index is 0.705. The van der Waals surface area contributed by atoms with Gasteiger partial charge in [0.05, 0.1) is 5.01 Å². The number of aryl methyl sites for hydroxylation is 1. The van der Waals surface area contributed by atoms with Crippen LogP contribution in [-0.4, -0.2) is 60.0 Å². The Kier molecular flexibility index (Phi) is 6.82. The number of hydrogen-bond acceptors (Lipinski definition) is 4.